The maximum Gasteiger partial charge on any atom is 0.255 e. The van der Waals surface area contributed by atoms with Crippen LogP contribution in [0, 0.1) is 13.8 Å². The van der Waals surface area contributed by atoms with Gasteiger partial charge >= 0.3 is 0 Å². The first-order chi connectivity index (χ1) is 15.7. The fourth-order valence-corrected chi connectivity index (χ4v) is 4.39. The van der Waals surface area contributed by atoms with Gasteiger partial charge in [0.2, 0.25) is 10.0 Å². The standard InChI is InChI=1S/C25H25N3O4S/c1-16-11-22(33(26,31)32)13-23(17(16)2)25(30)27-21-8-7-20-9-10-28(24(20)12-21)14-18-3-5-19(15-29)6-4-18/h3-13,29H,14-15H2,1-2H3,(H,27,30)(H2,26,31,32). The Balaban J connectivity index is 1.62. The van der Waals surface area contributed by atoms with Crippen LogP contribution < -0.4 is 10.5 Å². The molecule has 4 aromatic rings. The van der Waals surface area contributed by atoms with Gasteiger partial charge in [-0.05, 0) is 71.8 Å². The number of nitrogens with one attached hydrogen (secondary N) is 1. The Labute approximate surface area is 192 Å². The van der Waals surface area contributed by atoms with Crippen molar-refractivity contribution in [3.8, 4) is 0 Å². The Morgan fingerprint density at radius 2 is 1.70 bits per heavy atom. The van der Waals surface area contributed by atoms with Crippen LogP contribution in [0.15, 0.2) is 71.8 Å². The summed E-state index contributed by atoms with van der Waals surface area (Å²) < 4.78 is 25.7. The van der Waals surface area contributed by atoms with Crippen molar-refractivity contribution in [3.05, 3.63) is 94.7 Å². The highest BCUT2D eigenvalue weighted by atomic mass is 32.2. The third kappa shape index (κ3) is 4.83. The molecule has 3 aromatic carbocycles. The first-order valence-electron chi connectivity index (χ1n) is 10.4. The number of amides is 1. The summed E-state index contributed by atoms with van der Waals surface area (Å²) in [5.41, 5.74) is 5.12. The van der Waals surface area contributed by atoms with Crippen molar-refractivity contribution in [1.29, 1.82) is 0 Å². The highest BCUT2D eigenvalue weighted by Crippen LogP contribution is 2.24. The van der Waals surface area contributed by atoms with E-state index in [-0.39, 0.29) is 17.1 Å². The van der Waals surface area contributed by atoms with Crippen molar-refractivity contribution in [2.45, 2.75) is 31.9 Å². The lowest BCUT2D eigenvalue weighted by molar-refractivity contribution is 0.102. The van der Waals surface area contributed by atoms with Gasteiger partial charge in [-0.15, -0.1) is 0 Å². The molecule has 0 saturated carbocycles. The zero-order valence-electron chi connectivity index (χ0n) is 18.4. The van der Waals surface area contributed by atoms with Gasteiger partial charge in [0.15, 0.2) is 0 Å². The summed E-state index contributed by atoms with van der Waals surface area (Å²) >= 11 is 0. The molecule has 1 amide bonds. The Bertz CT molecular complexity index is 1460. The van der Waals surface area contributed by atoms with E-state index in [2.05, 4.69) is 9.88 Å². The number of nitrogens with two attached hydrogens (primary N) is 1. The van der Waals surface area contributed by atoms with E-state index in [0.29, 0.717) is 23.4 Å². The summed E-state index contributed by atoms with van der Waals surface area (Å²) in [7, 11) is -3.93. The van der Waals surface area contributed by atoms with Gasteiger partial charge in [0.25, 0.3) is 5.91 Å². The van der Waals surface area contributed by atoms with E-state index >= 15 is 0 Å². The van der Waals surface area contributed by atoms with E-state index in [0.717, 1.165) is 22.0 Å². The Hall–Kier alpha value is -3.46. The number of primary sulfonamides is 1. The summed E-state index contributed by atoms with van der Waals surface area (Å²) in [5.74, 6) is -0.404. The number of aliphatic hydroxyl groups excluding tert-OH is 1. The molecule has 4 N–H and O–H groups in total. The third-order valence-electron chi connectivity index (χ3n) is 5.80. The van der Waals surface area contributed by atoms with Gasteiger partial charge in [0.05, 0.1) is 17.0 Å². The van der Waals surface area contributed by atoms with E-state index in [1.165, 1.54) is 12.1 Å². The molecule has 0 fully saturated rings. The number of carbonyl (C=O) groups is 1. The molecule has 1 aromatic heterocycles. The maximum atomic E-state index is 13.0. The van der Waals surface area contributed by atoms with Crippen LogP contribution in [0.4, 0.5) is 5.69 Å². The van der Waals surface area contributed by atoms with Crippen LogP contribution in [0.3, 0.4) is 0 Å². The van der Waals surface area contributed by atoms with Crippen LogP contribution in [0.2, 0.25) is 0 Å². The number of hydrogen-bond acceptors (Lipinski definition) is 4. The smallest absolute Gasteiger partial charge is 0.255 e. The second-order valence-corrected chi connectivity index (χ2v) is 9.67. The van der Waals surface area contributed by atoms with E-state index < -0.39 is 15.9 Å². The van der Waals surface area contributed by atoms with Crippen LogP contribution in [0.1, 0.15) is 32.6 Å². The van der Waals surface area contributed by atoms with E-state index in [1.807, 2.05) is 54.7 Å². The molecule has 33 heavy (non-hydrogen) atoms. The third-order valence-corrected chi connectivity index (χ3v) is 6.70. The lowest BCUT2D eigenvalue weighted by atomic mass is 10.0. The van der Waals surface area contributed by atoms with Crippen LogP contribution in [-0.4, -0.2) is 24.0 Å². The quantitative estimate of drug-likeness (QED) is 0.404. The minimum absolute atomic E-state index is 0.00883. The zero-order valence-corrected chi connectivity index (χ0v) is 19.2. The van der Waals surface area contributed by atoms with Crippen LogP contribution in [0.25, 0.3) is 10.9 Å². The maximum absolute atomic E-state index is 13.0. The highest BCUT2D eigenvalue weighted by molar-refractivity contribution is 7.89. The average Bonchev–Trinajstić information content (AvgIpc) is 3.17. The number of nitrogens with zero attached hydrogens (tertiary/aromatic N) is 1. The van der Waals surface area contributed by atoms with Crippen molar-refractivity contribution in [3.63, 3.8) is 0 Å². The lowest BCUT2D eigenvalue weighted by Crippen LogP contribution is -2.18. The molecule has 8 heteroatoms. The predicted octanol–water partition coefficient (Wildman–Crippen LogP) is 3.70. The fraction of sp³-hybridized carbons (Fsp3) is 0.160. The number of aliphatic hydroxyl groups is 1. The minimum atomic E-state index is -3.93. The summed E-state index contributed by atoms with van der Waals surface area (Å²) in [6, 6.07) is 18.2. The summed E-state index contributed by atoms with van der Waals surface area (Å²) in [6.07, 6.45) is 1.99. The van der Waals surface area contributed by atoms with Crippen molar-refractivity contribution in [1.82, 2.24) is 4.57 Å². The Morgan fingerprint density at radius 3 is 2.36 bits per heavy atom. The monoisotopic (exact) mass is 463 g/mol. The van der Waals surface area contributed by atoms with E-state index in [1.54, 1.807) is 13.8 Å². The van der Waals surface area contributed by atoms with E-state index in [9.17, 15) is 18.3 Å². The second-order valence-electron chi connectivity index (χ2n) is 8.10. The molecule has 0 radical (unpaired) electrons. The largest absolute Gasteiger partial charge is 0.392 e. The van der Waals surface area contributed by atoms with Crippen molar-refractivity contribution in [2.24, 2.45) is 5.14 Å². The molecule has 0 aliphatic rings. The number of aryl methyl sites for hydroxylation is 1. The second kappa shape index (κ2) is 8.82. The average molecular weight is 464 g/mol. The Kier molecular flexibility index (Phi) is 6.07. The normalized spacial score (nSPS) is 11.6. The van der Waals surface area contributed by atoms with Crippen LogP contribution in [-0.2, 0) is 23.2 Å². The van der Waals surface area contributed by atoms with Gasteiger partial charge in [-0.25, -0.2) is 13.6 Å². The minimum Gasteiger partial charge on any atom is -0.392 e. The predicted molar refractivity (Wildman–Crippen MR) is 129 cm³/mol. The van der Waals surface area contributed by atoms with Crippen molar-refractivity contribution >= 4 is 32.5 Å². The molecule has 0 unspecified atom stereocenters. The zero-order chi connectivity index (χ0) is 23.8. The van der Waals surface area contributed by atoms with Gasteiger partial charge in [0.1, 0.15) is 0 Å². The number of rotatable bonds is 6. The number of hydrogen-bond donors (Lipinski definition) is 3. The molecule has 0 aliphatic heterocycles. The topological polar surface area (TPSA) is 114 Å². The SMILES string of the molecule is Cc1cc(S(N)(=O)=O)cc(C(=O)Nc2ccc3ccn(Cc4ccc(CO)cc4)c3c2)c1C. The van der Waals surface area contributed by atoms with Gasteiger partial charge < -0.3 is 15.0 Å². The number of anilines is 1. The summed E-state index contributed by atoms with van der Waals surface area (Å²) in [6.45, 7) is 4.16. The first-order valence-corrected chi connectivity index (χ1v) is 11.9. The number of sulfonamides is 1. The van der Waals surface area contributed by atoms with E-state index in [4.69, 9.17) is 5.14 Å². The molecule has 0 spiro atoms. The highest BCUT2D eigenvalue weighted by Gasteiger charge is 2.17. The molecule has 7 nitrogen and oxygen atoms in total. The molecule has 1 heterocycles. The van der Waals surface area contributed by atoms with Gasteiger partial charge in [0, 0.05) is 24.0 Å². The molecule has 4 rings (SSSR count). The number of benzene rings is 3. The van der Waals surface area contributed by atoms with Crippen LogP contribution in [0.5, 0.6) is 0 Å². The molecule has 170 valence electrons. The van der Waals surface area contributed by atoms with Gasteiger partial charge in [-0.2, -0.15) is 0 Å². The number of fused-ring (bicyclic) bond motifs is 1. The summed E-state index contributed by atoms with van der Waals surface area (Å²) in [4.78, 5) is 12.9. The van der Waals surface area contributed by atoms with Gasteiger partial charge in [-0.1, -0.05) is 30.3 Å². The summed E-state index contributed by atoms with van der Waals surface area (Å²) in [5, 5.41) is 18.4. The molecule has 0 atom stereocenters. The molecule has 0 saturated heterocycles. The number of carbonyl (C=O) groups excluding carboxylic acids is 1. The molecule has 0 aliphatic carbocycles. The van der Waals surface area contributed by atoms with Crippen LogP contribution >= 0.6 is 0 Å². The number of aromatic nitrogens is 1. The molecule has 0 bridgehead atoms. The van der Waals surface area contributed by atoms with Gasteiger partial charge in [-0.3, -0.25) is 4.79 Å². The van der Waals surface area contributed by atoms with Crippen molar-refractivity contribution < 1.29 is 18.3 Å². The molecular formula is C25H25N3O4S. The fourth-order valence-electron chi connectivity index (χ4n) is 3.77. The van der Waals surface area contributed by atoms with Crippen molar-refractivity contribution in [2.75, 3.05) is 5.32 Å². The first kappa shape index (κ1) is 22.7. The Morgan fingerprint density at radius 1 is 1.00 bits per heavy atom. The molecular weight excluding hydrogens is 438 g/mol. The lowest BCUT2D eigenvalue weighted by Gasteiger charge is -2.13.